The zero-order valence-corrected chi connectivity index (χ0v) is 19.2. The Morgan fingerprint density at radius 3 is 2.72 bits per heavy atom. The smallest absolute Gasteiger partial charge is 0.262 e. The SMILES string of the molecule is COCCn1c(SC(C)C(=O)Nc2ccc3ccccc3c2)nc2cc(Cl)ccc2c1=O. The Morgan fingerprint density at radius 2 is 1.94 bits per heavy atom. The molecule has 3 aromatic carbocycles. The van der Waals surface area contributed by atoms with Crippen LogP contribution < -0.4 is 10.9 Å². The van der Waals surface area contributed by atoms with Crippen LogP contribution in [0, 0.1) is 0 Å². The molecule has 1 atom stereocenters. The molecular weight excluding hydrogens is 446 g/mol. The number of methoxy groups -OCH3 is 1. The molecule has 4 aromatic rings. The second-order valence-corrected chi connectivity index (χ2v) is 9.06. The molecular formula is C24H22ClN3O3S. The summed E-state index contributed by atoms with van der Waals surface area (Å²) in [5, 5.41) is 6.04. The van der Waals surface area contributed by atoms with Gasteiger partial charge in [0, 0.05) is 17.8 Å². The number of benzene rings is 3. The molecule has 1 heterocycles. The van der Waals surface area contributed by atoms with E-state index in [1.54, 1.807) is 36.8 Å². The van der Waals surface area contributed by atoms with Crippen LogP contribution in [0.15, 0.2) is 70.6 Å². The van der Waals surface area contributed by atoms with E-state index < -0.39 is 5.25 Å². The highest BCUT2D eigenvalue weighted by Gasteiger charge is 2.20. The van der Waals surface area contributed by atoms with Gasteiger partial charge in [-0.15, -0.1) is 0 Å². The maximum Gasteiger partial charge on any atom is 0.262 e. The maximum atomic E-state index is 13.0. The maximum absolute atomic E-state index is 13.0. The third-order valence-corrected chi connectivity index (χ3v) is 6.39. The van der Waals surface area contributed by atoms with E-state index in [9.17, 15) is 9.59 Å². The number of fused-ring (bicyclic) bond motifs is 2. The quantitative estimate of drug-likeness (QED) is 0.307. The van der Waals surface area contributed by atoms with Gasteiger partial charge in [0.15, 0.2) is 5.16 Å². The predicted octanol–water partition coefficient (Wildman–Crippen LogP) is 4.97. The van der Waals surface area contributed by atoms with Crippen molar-refractivity contribution in [3.8, 4) is 0 Å². The van der Waals surface area contributed by atoms with E-state index in [1.807, 2.05) is 42.5 Å². The number of rotatable bonds is 7. The Bertz CT molecular complexity index is 1360. The monoisotopic (exact) mass is 467 g/mol. The molecule has 0 bridgehead atoms. The highest BCUT2D eigenvalue weighted by atomic mass is 35.5. The third kappa shape index (κ3) is 4.80. The number of nitrogens with zero attached hydrogens (tertiary/aromatic N) is 2. The van der Waals surface area contributed by atoms with Gasteiger partial charge in [-0.1, -0.05) is 53.7 Å². The molecule has 8 heteroatoms. The number of hydrogen-bond donors (Lipinski definition) is 1. The number of hydrogen-bond acceptors (Lipinski definition) is 5. The molecule has 1 aromatic heterocycles. The van der Waals surface area contributed by atoms with Crippen molar-refractivity contribution in [2.75, 3.05) is 19.0 Å². The van der Waals surface area contributed by atoms with Gasteiger partial charge in [-0.2, -0.15) is 0 Å². The number of halogens is 1. The molecule has 0 aliphatic heterocycles. The van der Waals surface area contributed by atoms with Crippen LogP contribution in [0.3, 0.4) is 0 Å². The van der Waals surface area contributed by atoms with Crippen molar-refractivity contribution in [1.82, 2.24) is 9.55 Å². The molecule has 0 saturated heterocycles. The summed E-state index contributed by atoms with van der Waals surface area (Å²) in [6.45, 7) is 2.48. The zero-order chi connectivity index (χ0) is 22.7. The molecule has 1 N–H and O–H groups in total. The van der Waals surface area contributed by atoms with Crippen molar-refractivity contribution in [2.45, 2.75) is 23.9 Å². The Kier molecular flexibility index (Phi) is 6.79. The van der Waals surface area contributed by atoms with Gasteiger partial charge in [0.05, 0.1) is 29.3 Å². The Morgan fingerprint density at radius 1 is 1.16 bits per heavy atom. The topological polar surface area (TPSA) is 73.2 Å². The van der Waals surface area contributed by atoms with Gasteiger partial charge >= 0.3 is 0 Å². The summed E-state index contributed by atoms with van der Waals surface area (Å²) in [5.74, 6) is -0.177. The van der Waals surface area contributed by atoms with Gasteiger partial charge < -0.3 is 10.1 Å². The van der Waals surface area contributed by atoms with Crippen molar-refractivity contribution < 1.29 is 9.53 Å². The van der Waals surface area contributed by atoms with E-state index in [0.29, 0.717) is 34.2 Å². The lowest BCUT2D eigenvalue weighted by Gasteiger charge is -2.16. The normalized spacial score (nSPS) is 12.2. The molecule has 1 amide bonds. The fourth-order valence-electron chi connectivity index (χ4n) is 3.37. The van der Waals surface area contributed by atoms with Gasteiger partial charge in [-0.05, 0) is 48.0 Å². The van der Waals surface area contributed by atoms with Crippen LogP contribution in [-0.2, 0) is 16.1 Å². The molecule has 0 fully saturated rings. The van der Waals surface area contributed by atoms with E-state index >= 15 is 0 Å². The molecule has 4 rings (SSSR count). The van der Waals surface area contributed by atoms with Crippen molar-refractivity contribution in [2.24, 2.45) is 0 Å². The fourth-order valence-corrected chi connectivity index (χ4v) is 4.47. The lowest BCUT2D eigenvalue weighted by Crippen LogP contribution is -2.28. The van der Waals surface area contributed by atoms with Crippen LogP contribution in [-0.4, -0.2) is 34.4 Å². The number of anilines is 1. The number of carbonyl (C=O) groups is 1. The molecule has 6 nitrogen and oxygen atoms in total. The van der Waals surface area contributed by atoms with Crippen LogP contribution in [0.5, 0.6) is 0 Å². The molecule has 32 heavy (non-hydrogen) atoms. The van der Waals surface area contributed by atoms with Gasteiger partial charge in [-0.3, -0.25) is 14.2 Å². The molecule has 0 saturated carbocycles. The van der Waals surface area contributed by atoms with Crippen LogP contribution in [0.4, 0.5) is 5.69 Å². The van der Waals surface area contributed by atoms with E-state index in [0.717, 1.165) is 16.5 Å². The molecule has 164 valence electrons. The number of nitrogens with one attached hydrogen (secondary N) is 1. The molecule has 0 aliphatic rings. The summed E-state index contributed by atoms with van der Waals surface area (Å²) in [6, 6.07) is 18.7. The summed E-state index contributed by atoms with van der Waals surface area (Å²) in [6.07, 6.45) is 0. The fraction of sp³-hybridized carbons (Fsp3) is 0.208. The number of carbonyl (C=O) groups excluding carboxylic acids is 1. The standard InChI is InChI=1S/C24H22ClN3O3S/c1-15(22(29)26-19-9-7-16-5-3-4-6-17(16)13-19)32-24-27-21-14-18(25)8-10-20(21)23(30)28(24)11-12-31-2/h3-10,13-15H,11-12H2,1-2H3,(H,26,29). The minimum absolute atomic E-state index is 0.177. The zero-order valence-electron chi connectivity index (χ0n) is 17.7. The first-order valence-electron chi connectivity index (χ1n) is 10.1. The lowest BCUT2D eigenvalue weighted by molar-refractivity contribution is -0.115. The predicted molar refractivity (Wildman–Crippen MR) is 131 cm³/mol. The number of ether oxygens (including phenoxy) is 1. The summed E-state index contributed by atoms with van der Waals surface area (Å²) < 4.78 is 6.70. The van der Waals surface area contributed by atoms with Gasteiger partial charge in [-0.25, -0.2) is 4.98 Å². The van der Waals surface area contributed by atoms with Crippen LogP contribution in [0.2, 0.25) is 5.02 Å². The summed E-state index contributed by atoms with van der Waals surface area (Å²) in [7, 11) is 1.58. The third-order valence-electron chi connectivity index (χ3n) is 5.07. The minimum atomic E-state index is -0.487. The van der Waals surface area contributed by atoms with E-state index in [-0.39, 0.29) is 11.5 Å². The number of thioether (sulfide) groups is 1. The first kappa shape index (κ1) is 22.3. The molecule has 0 radical (unpaired) electrons. The second-order valence-electron chi connectivity index (χ2n) is 7.32. The minimum Gasteiger partial charge on any atom is -0.383 e. The van der Waals surface area contributed by atoms with Crippen molar-refractivity contribution in [1.29, 1.82) is 0 Å². The van der Waals surface area contributed by atoms with Crippen molar-refractivity contribution >= 4 is 56.6 Å². The number of amides is 1. The Balaban J connectivity index is 1.60. The Hall–Kier alpha value is -2.87. The first-order valence-corrected chi connectivity index (χ1v) is 11.4. The van der Waals surface area contributed by atoms with Gasteiger partial charge in [0.1, 0.15) is 0 Å². The van der Waals surface area contributed by atoms with E-state index in [4.69, 9.17) is 16.3 Å². The molecule has 0 spiro atoms. The summed E-state index contributed by atoms with van der Waals surface area (Å²) in [5.41, 5.74) is 1.03. The summed E-state index contributed by atoms with van der Waals surface area (Å²) in [4.78, 5) is 30.6. The van der Waals surface area contributed by atoms with Crippen LogP contribution in [0.1, 0.15) is 6.92 Å². The largest absolute Gasteiger partial charge is 0.383 e. The molecule has 1 unspecified atom stereocenters. The summed E-state index contributed by atoms with van der Waals surface area (Å²) >= 11 is 7.32. The lowest BCUT2D eigenvalue weighted by atomic mass is 10.1. The van der Waals surface area contributed by atoms with Crippen molar-refractivity contribution in [3.05, 3.63) is 76.0 Å². The Labute approximate surface area is 194 Å². The highest BCUT2D eigenvalue weighted by Crippen LogP contribution is 2.25. The second kappa shape index (κ2) is 9.73. The van der Waals surface area contributed by atoms with E-state index in [2.05, 4.69) is 10.3 Å². The van der Waals surface area contributed by atoms with Gasteiger partial charge in [0.25, 0.3) is 5.56 Å². The van der Waals surface area contributed by atoms with Crippen LogP contribution in [0.25, 0.3) is 21.7 Å². The first-order chi connectivity index (χ1) is 15.5. The molecule has 0 aliphatic carbocycles. The average Bonchev–Trinajstić information content (AvgIpc) is 2.78. The highest BCUT2D eigenvalue weighted by molar-refractivity contribution is 8.00. The number of aromatic nitrogens is 2. The van der Waals surface area contributed by atoms with Gasteiger partial charge in [0.2, 0.25) is 5.91 Å². The van der Waals surface area contributed by atoms with E-state index in [1.165, 1.54) is 11.8 Å². The van der Waals surface area contributed by atoms with Crippen LogP contribution >= 0.6 is 23.4 Å². The average molecular weight is 468 g/mol. The van der Waals surface area contributed by atoms with Crippen molar-refractivity contribution in [3.63, 3.8) is 0 Å².